The van der Waals surface area contributed by atoms with Crippen molar-refractivity contribution in [2.45, 2.75) is 97.6 Å². The van der Waals surface area contributed by atoms with Crippen molar-refractivity contribution < 1.29 is 39.2 Å². The molecule has 0 amide bonds. The molecule has 0 aromatic carbocycles. The molecule has 4 aliphatic rings. The second-order valence-corrected chi connectivity index (χ2v) is 13.1. The lowest BCUT2D eigenvalue weighted by Gasteiger charge is -2.57. The largest absolute Gasteiger partial charge is 0.481 e. The molecule has 1 saturated heterocycles. The predicted octanol–water partition coefficient (Wildman–Crippen LogP) is 4.00. The summed E-state index contributed by atoms with van der Waals surface area (Å²) in [5, 5.41) is 31.6. The summed E-state index contributed by atoms with van der Waals surface area (Å²) < 4.78 is 11.5. The Labute approximate surface area is 231 Å². The highest BCUT2D eigenvalue weighted by Crippen LogP contribution is 2.78. The maximum atomic E-state index is 14.3. The van der Waals surface area contributed by atoms with Gasteiger partial charge in [0.1, 0.15) is 5.60 Å². The van der Waals surface area contributed by atoms with Gasteiger partial charge in [-0.2, -0.15) is 0 Å². The van der Waals surface area contributed by atoms with E-state index in [2.05, 4.69) is 13.5 Å². The van der Waals surface area contributed by atoms with Crippen LogP contribution in [0.25, 0.3) is 0 Å². The molecule has 8 heteroatoms. The SMILES string of the molecule is C=C(C)[C@@H]1C[C@H]2O[C@@]23C(=CC(=O)[C@]2(C)[C@@H](/C(C)=C\C(O)CC(C)C(=O)O)C[C@@H](O)[C@]23C)[C@@]1(C)CCC(=O)OC. The zero-order chi connectivity index (χ0) is 29.3. The number of carboxylic acid groups (broad SMARTS) is 1. The Balaban J connectivity index is 1.79. The van der Waals surface area contributed by atoms with Crippen LogP contribution in [0.15, 0.2) is 35.5 Å². The van der Waals surface area contributed by atoms with E-state index in [1.807, 2.05) is 27.7 Å². The van der Waals surface area contributed by atoms with Crippen molar-refractivity contribution in [1.82, 2.24) is 0 Å². The highest BCUT2D eigenvalue weighted by atomic mass is 16.6. The zero-order valence-corrected chi connectivity index (χ0v) is 24.2. The fourth-order valence-electron chi connectivity index (χ4n) is 8.59. The molecule has 10 atom stereocenters. The van der Waals surface area contributed by atoms with Crippen molar-refractivity contribution in [3.63, 3.8) is 0 Å². The molecule has 3 fully saturated rings. The summed E-state index contributed by atoms with van der Waals surface area (Å²) in [7, 11) is 1.36. The number of carboxylic acids is 1. The molecular formula is C31H44O8. The Morgan fingerprint density at radius 2 is 1.87 bits per heavy atom. The monoisotopic (exact) mass is 544 g/mol. The number of aliphatic hydroxyl groups is 2. The first-order valence-electron chi connectivity index (χ1n) is 14.0. The van der Waals surface area contributed by atoms with Gasteiger partial charge >= 0.3 is 11.9 Å². The molecule has 0 aromatic rings. The van der Waals surface area contributed by atoms with Gasteiger partial charge in [0.25, 0.3) is 0 Å². The van der Waals surface area contributed by atoms with Crippen LogP contribution in [0.4, 0.5) is 0 Å². The lowest BCUT2D eigenvalue weighted by molar-refractivity contribution is -0.144. The molecule has 2 saturated carbocycles. The van der Waals surface area contributed by atoms with Crippen molar-refractivity contribution in [2.75, 3.05) is 7.11 Å². The number of fused-ring (bicyclic) bond motifs is 1. The van der Waals surface area contributed by atoms with E-state index in [1.54, 1.807) is 19.1 Å². The molecular weight excluding hydrogens is 500 g/mol. The molecule has 1 spiro atoms. The van der Waals surface area contributed by atoms with Crippen molar-refractivity contribution in [2.24, 2.45) is 34.0 Å². The molecule has 3 N–H and O–H groups in total. The number of hydrogen-bond acceptors (Lipinski definition) is 7. The van der Waals surface area contributed by atoms with E-state index in [9.17, 15) is 29.7 Å². The number of carbonyl (C=O) groups excluding carboxylic acids is 2. The first-order chi connectivity index (χ1) is 18.0. The van der Waals surface area contributed by atoms with Crippen LogP contribution in [0.3, 0.4) is 0 Å². The number of aliphatic hydroxyl groups excluding tert-OH is 2. The third-order valence-electron chi connectivity index (χ3n) is 11.1. The highest BCUT2D eigenvalue weighted by molar-refractivity contribution is 5.99. The number of ether oxygens (including phenoxy) is 2. The average molecular weight is 545 g/mol. The smallest absolute Gasteiger partial charge is 0.306 e. The number of carbonyl (C=O) groups is 3. The average Bonchev–Trinajstić information content (AvgIpc) is 3.54. The summed E-state index contributed by atoms with van der Waals surface area (Å²) >= 11 is 0. The van der Waals surface area contributed by atoms with Gasteiger partial charge in [0, 0.05) is 17.3 Å². The van der Waals surface area contributed by atoms with Crippen molar-refractivity contribution in [3.05, 3.63) is 35.5 Å². The molecule has 4 rings (SSSR count). The van der Waals surface area contributed by atoms with Crippen LogP contribution in [-0.2, 0) is 23.9 Å². The molecule has 2 unspecified atom stereocenters. The van der Waals surface area contributed by atoms with Crippen LogP contribution in [-0.4, -0.2) is 64.1 Å². The standard InChI is InChI=1S/C31H44O8/c1-16(2)20-14-25-31(39-25)22(28(20,5)10-9-26(35)38-8)15-23(33)29(6)21(13-24(34)30(29,31)7)17(3)11-19(32)12-18(4)27(36)37/h11,15,18-21,24-25,32,34H,1,9-10,12-14H2,2-8H3,(H,36,37)/b17-11-/t18?,19?,20-,21+,24+,25+,28-,29-,30+,31-/m0/s1. The van der Waals surface area contributed by atoms with Crippen molar-refractivity contribution in [1.29, 1.82) is 0 Å². The lowest BCUT2D eigenvalue weighted by Crippen LogP contribution is -2.63. The van der Waals surface area contributed by atoms with Gasteiger partial charge in [0.2, 0.25) is 0 Å². The topological polar surface area (TPSA) is 134 Å². The number of rotatable bonds is 9. The minimum atomic E-state index is -1.01. The van der Waals surface area contributed by atoms with E-state index in [-0.39, 0.29) is 42.5 Å². The van der Waals surface area contributed by atoms with Gasteiger partial charge in [-0.3, -0.25) is 14.4 Å². The summed E-state index contributed by atoms with van der Waals surface area (Å²) in [6, 6.07) is 0. The highest BCUT2D eigenvalue weighted by Gasteiger charge is 2.84. The number of esters is 1. The summed E-state index contributed by atoms with van der Waals surface area (Å²) in [5.74, 6) is -2.48. The molecule has 1 heterocycles. The number of hydrogen-bond donors (Lipinski definition) is 3. The maximum Gasteiger partial charge on any atom is 0.306 e. The molecule has 0 aromatic heterocycles. The normalized spacial score (nSPS) is 42.4. The van der Waals surface area contributed by atoms with Gasteiger partial charge in [-0.1, -0.05) is 51.5 Å². The summed E-state index contributed by atoms with van der Waals surface area (Å²) in [6.07, 6.45) is 3.06. The Hall–Kier alpha value is -2.29. The van der Waals surface area contributed by atoms with Gasteiger partial charge in [-0.25, -0.2) is 0 Å². The maximum absolute atomic E-state index is 14.3. The molecule has 3 aliphatic carbocycles. The Morgan fingerprint density at radius 1 is 1.23 bits per heavy atom. The quantitative estimate of drug-likeness (QED) is 0.225. The fraction of sp³-hybridized carbons (Fsp3) is 0.710. The minimum Gasteiger partial charge on any atom is -0.481 e. The third kappa shape index (κ3) is 4.00. The predicted molar refractivity (Wildman–Crippen MR) is 144 cm³/mol. The van der Waals surface area contributed by atoms with Crippen LogP contribution < -0.4 is 0 Å². The van der Waals surface area contributed by atoms with Gasteiger partial charge in [0.05, 0.1) is 31.3 Å². The van der Waals surface area contributed by atoms with Gasteiger partial charge in [-0.05, 0) is 68.4 Å². The van der Waals surface area contributed by atoms with E-state index < -0.39 is 45.9 Å². The number of methoxy groups -OCH3 is 1. The second kappa shape index (κ2) is 9.67. The van der Waals surface area contributed by atoms with Crippen LogP contribution in [0.1, 0.15) is 73.6 Å². The molecule has 0 bridgehead atoms. The second-order valence-electron chi connectivity index (χ2n) is 13.1. The molecule has 8 nitrogen and oxygen atoms in total. The fourth-order valence-corrected chi connectivity index (χ4v) is 8.59. The number of allylic oxidation sites excluding steroid dienone is 3. The Kier molecular flexibility index (Phi) is 7.36. The Bertz CT molecular complexity index is 1150. The van der Waals surface area contributed by atoms with E-state index in [0.717, 1.165) is 16.7 Å². The number of epoxide rings is 1. The summed E-state index contributed by atoms with van der Waals surface area (Å²) in [6.45, 7) is 15.5. The van der Waals surface area contributed by atoms with E-state index in [4.69, 9.17) is 9.47 Å². The molecule has 1 aliphatic heterocycles. The number of ketones is 1. The van der Waals surface area contributed by atoms with Gasteiger partial charge in [0.15, 0.2) is 5.78 Å². The van der Waals surface area contributed by atoms with Crippen molar-refractivity contribution in [3.8, 4) is 0 Å². The van der Waals surface area contributed by atoms with Crippen LogP contribution in [0, 0.1) is 34.0 Å². The summed E-state index contributed by atoms with van der Waals surface area (Å²) in [4.78, 5) is 37.7. The lowest BCUT2D eigenvalue weighted by atomic mass is 9.43. The van der Waals surface area contributed by atoms with E-state index in [1.165, 1.54) is 7.11 Å². The van der Waals surface area contributed by atoms with Crippen molar-refractivity contribution >= 4 is 17.7 Å². The molecule has 0 radical (unpaired) electrons. The van der Waals surface area contributed by atoms with Gasteiger partial charge < -0.3 is 24.8 Å². The first kappa shape index (κ1) is 29.7. The molecule has 39 heavy (non-hydrogen) atoms. The Morgan fingerprint density at radius 3 is 2.44 bits per heavy atom. The minimum absolute atomic E-state index is 0.00265. The van der Waals surface area contributed by atoms with Crippen LogP contribution in [0.5, 0.6) is 0 Å². The first-order valence-corrected chi connectivity index (χ1v) is 14.0. The van der Waals surface area contributed by atoms with Gasteiger partial charge in [-0.15, -0.1) is 0 Å². The summed E-state index contributed by atoms with van der Waals surface area (Å²) in [5.41, 5.74) is -0.833. The van der Waals surface area contributed by atoms with E-state index in [0.29, 0.717) is 19.3 Å². The zero-order valence-electron chi connectivity index (χ0n) is 24.2. The third-order valence-corrected chi connectivity index (χ3v) is 11.1. The van der Waals surface area contributed by atoms with E-state index >= 15 is 0 Å². The van der Waals surface area contributed by atoms with Crippen LogP contribution in [0.2, 0.25) is 0 Å². The van der Waals surface area contributed by atoms with Crippen LogP contribution >= 0.6 is 0 Å². The number of aliphatic carboxylic acids is 1. The molecule has 216 valence electrons.